The molecule has 0 aromatic heterocycles. The summed E-state index contributed by atoms with van der Waals surface area (Å²) in [6.07, 6.45) is 83.0. The predicted octanol–water partition coefficient (Wildman–Crippen LogP) is 21.9. The van der Waals surface area contributed by atoms with Crippen molar-refractivity contribution in [1.29, 1.82) is 0 Å². The average Bonchev–Trinajstić information content (AvgIpc) is 3.41. The Labute approximate surface area is 465 Å². The number of carbonyl (C=O) groups excluding carboxylic acids is 3. The Hall–Kier alpha value is -3.41. The second-order valence-electron chi connectivity index (χ2n) is 21.3. The number of unbranched alkanes of at least 4 members (excludes halogenated alkanes) is 33. The van der Waals surface area contributed by atoms with Gasteiger partial charge in [0.2, 0.25) is 0 Å². The highest BCUT2D eigenvalue weighted by atomic mass is 16.6. The molecule has 1 atom stereocenters. The summed E-state index contributed by atoms with van der Waals surface area (Å²) in [4.78, 5) is 38.3. The zero-order valence-corrected chi connectivity index (χ0v) is 49.6. The Bertz CT molecular complexity index is 1430. The summed E-state index contributed by atoms with van der Waals surface area (Å²) in [5.41, 5.74) is 0. The summed E-state index contributed by atoms with van der Waals surface area (Å²) in [6, 6.07) is 0. The summed E-state index contributed by atoms with van der Waals surface area (Å²) in [5.74, 6) is -0.935. The van der Waals surface area contributed by atoms with Crippen molar-refractivity contribution in [3.05, 3.63) is 85.1 Å². The normalized spacial score (nSPS) is 12.6. The van der Waals surface area contributed by atoms with E-state index in [2.05, 4.69) is 106 Å². The minimum absolute atomic E-state index is 0.0901. The molecule has 0 aliphatic carbocycles. The minimum Gasteiger partial charge on any atom is -0.462 e. The zero-order chi connectivity index (χ0) is 54.3. The fourth-order valence-corrected chi connectivity index (χ4v) is 9.14. The highest BCUT2D eigenvalue weighted by Gasteiger charge is 2.19. The van der Waals surface area contributed by atoms with E-state index in [1.54, 1.807) is 0 Å². The Morgan fingerprint density at radius 3 is 0.813 bits per heavy atom. The third kappa shape index (κ3) is 61.3. The number of esters is 3. The lowest BCUT2D eigenvalue weighted by molar-refractivity contribution is -0.167. The van der Waals surface area contributed by atoms with Gasteiger partial charge in [0.05, 0.1) is 0 Å². The highest BCUT2D eigenvalue weighted by Crippen LogP contribution is 2.17. The first-order valence-corrected chi connectivity index (χ1v) is 32.1. The fourth-order valence-electron chi connectivity index (χ4n) is 9.14. The molecule has 0 rings (SSSR count). The van der Waals surface area contributed by atoms with E-state index in [1.807, 2.05) is 0 Å². The van der Waals surface area contributed by atoms with Crippen molar-refractivity contribution in [3.63, 3.8) is 0 Å². The van der Waals surface area contributed by atoms with Crippen LogP contribution in [-0.2, 0) is 28.6 Å². The largest absolute Gasteiger partial charge is 0.462 e. The molecule has 0 aliphatic heterocycles. The molecule has 0 N–H and O–H groups in total. The van der Waals surface area contributed by atoms with E-state index in [1.165, 1.54) is 180 Å². The molecule has 6 heteroatoms. The third-order valence-corrected chi connectivity index (χ3v) is 13.9. The van der Waals surface area contributed by atoms with Gasteiger partial charge in [0, 0.05) is 19.3 Å². The maximum atomic E-state index is 12.9. The van der Waals surface area contributed by atoms with Crippen molar-refractivity contribution in [1.82, 2.24) is 0 Å². The molecule has 0 aromatic carbocycles. The number of rotatable bonds is 58. The van der Waals surface area contributed by atoms with Crippen LogP contribution in [0.3, 0.4) is 0 Å². The lowest BCUT2D eigenvalue weighted by Gasteiger charge is -2.18. The summed E-state index contributed by atoms with van der Waals surface area (Å²) >= 11 is 0. The molecular weight excluding hydrogens is 925 g/mol. The minimum atomic E-state index is -0.798. The monoisotopic (exact) mass is 1040 g/mol. The van der Waals surface area contributed by atoms with Crippen LogP contribution in [0, 0.1) is 0 Å². The van der Waals surface area contributed by atoms with Crippen LogP contribution < -0.4 is 0 Å². The number of carbonyl (C=O) groups is 3. The molecule has 0 heterocycles. The number of hydrogen-bond donors (Lipinski definition) is 0. The van der Waals surface area contributed by atoms with Gasteiger partial charge in [-0.15, -0.1) is 0 Å². The topological polar surface area (TPSA) is 78.9 Å². The highest BCUT2D eigenvalue weighted by molar-refractivity contribution is 5.71. The van der Waals surface area contributed by atoms with Crippen LogP contribution in [0.1, 0.15) is 316 Å². The first-order chi connectivity index (χ1) is 37.0. The van der Waals surface area contributed by atoms with Gasteiger partial charge < -0.3 is 14.2 Å². The summed E-state index contributed by atoms with van der Waals surface area (Å²) in [6.45, 7) is 6.53. The maximum Gasteiger partial charge on any atom is 0.306 e. The Morgan fingerprint density at radius 2 is 0.520 bits per heavy atom. The van der Waals surface area contributed by atoms with Gasteiger partial charge in [0.15, 0.2) is 6.10 Å². The van der Waals surface area contributed by atoms with E-state index in [0.29, 0.717) is 19.3 Å². The van der Waals surface area contributed by atoms with E-state index in [-0.39, 0.29) is 37.5 Å². The summed E-state index contributed by atoms with van der Waals surface area (Å²) in [5, 5.41) is 0. The van der Waals surface area contributed by atoms with Crippen molar-refractivity contribution in [2.45, 2.75) is 322 Å². The molecule has 432 valence electrons. The number of allylic oxidation sites excluding steroid dienone is 14. The van der Waals surface area contributed by atoms with Crippen LogP contribution in [0.15, 0.2) is 85.1 Å². The SMILES string of the molecule is CC/C=C\C/C=C\C/C=C\C/C=C\C/C=C\C/C=C\C/C=C\CCCC(=O)OCC(COC(=O)CCCCCCCCCCCCCCCCCCC)OC(=O)CCCCCCCCCCCCCCCCCCC. The average molecular weight is 1050 g/mol. The van der Waals surface area contributed by atoms with Crippen LogP contribution in [0.5, 0.6) is 0 Å². The van der Waals surface area contributed by atoms with Gasteiger partial charge in [0.1, 0.15) is 13.2 Å². The second kappa shape index (κ2) is 63.1. The van der Waals surface area contributed by atoms with Crippen molar-refractivity contribution < 1.29 is 28.6 Å². The van der Waals surface area contributed by atoms with E-state index in [9.17, 15) is 14.4 Å². The van der Waals surface area contributed by atoms with Gasteiger partial charge in [-0.3, -0.25) is 14.4 Å². The molecule has 1 unspecified atom stereocenters. The van der Waals surface area contributed by atoms with Gasteiger partial charge in [-0.05, 0) is 70.6 Å². The van der Waals surface area contributed by atoms with Crippen molar-refractivity contribution in [2.75, 3.05) is 13.2 Å². The van der Waals surface area contributed by atoms with E-state index >= 15 is 0 Å². The van der Waals surface area contributed by atoms with Gasteiger partial charge in [0.25, 0.3) is 0 Å². The maximum absolute atomic E-state index is 12.9. The van der Waals surface area contributed by atoms with E-state index < -0.39 is 6.10 Å². The van der Waals surface area contributed by atoms with Crippen LogP contribution in [0.2, 0.25) is 0 Å². The van der Waals surface area contributed by atoms with Gasteiger partial charge in [-0.25, -0.2) is 0 Å². The molecule has 0 saturated heterocycles. The quantitative estimate of drug-likeness (QED) is 0.0261. The van der Waals surface area contributed by atoms with Crippen LogP contribution >= 0.6 is 0 Å². The lowest BCUT2D eigenvalue weighted by atomic mass is 10.0. The van der Waals surface area contributed by atoms with Gasteiger partial charge >= 0.3 is 17.9 Å². The molecule has 0 radical (unpaired) electrons. The molecule has 0 amide bonds. The third-order valence-electron chi connectivity index (χ3n) is 13.9. The fraction of sp³-hybridized carbons (Fsp3) is 0.754. The molecule has 0 saturated carbocycles. The summed E-state index contributed by atoms with van der Waals surface area (Å²) < 4.78 is 16.9. The molecule has 75 heavy (non-hydrogen) atoms. The van der Waals surface area contributed by atoms with Crippen molar-refractivity contribution >= 4 is 17.9 Å². The van der Waals surface area contributed by atoms with E-state index in [4.69, 9.17) is 14.2 Å². The van der Waals surface area contributed by atoms with E-state index in [0.717, 1.165) is 89.9 Å². The van der Waals surface area contributed by atoms with Crippen LogP contribution in [0.4, 0.5) is 0 Å². The van der Waals surface area contributed by atoms with Crippen LogP contribution in [0.25, 0.3) is 0 Å². The Kier molecular flexibility index (Phi) is 60.3. The lowest BCUT2D eigenvalue weighted by Crippen LogP contribution is -2.30. The Morgan fingerprint density at radius 1 is 0.280 bits per heavy atom. The van der Waals surface area contributed by atoms with Gasteiger partial charge in [-0.1, -0.05) is 311 Å². The number of ether oxygens (including phenoxy) is 3. The smallest absolute Gasteiger partial charge is 0.306 e. The van der Waals surface area contributed by atoms with Crippen LogP contribution in [-0.4, -0.2) is 37.2 Å². The number of hydrogen-bond acceptors (Lipinski definition) is 6. The zero-order valence-electron chi connectivity index (χ0n) is 49.6. The first-order valence-electron chi connectivity index (χ1n) is 32.1. The van der Waals surface area contributed by atoms with Crippen molar-refractivity contribution in [2.24, 2.45) is 0 Å². The second-order valence-corrected chi connectivity index (χ2v) is 21.3. The Balaban J connectivity index is 4.44. The van der Waals surface area contributed by atoms with Crippen molar-refractivity contribution in [3.8, 4) is 0 Å². The summed E-state index contributed by atoms with van der Waals surface area (Å²) in [7, 11) is 0. The molecular formula is C69H120O6. The predicted molar refractivity (Wildman–Crippen MR) is 325 cm³/mol. The first kappa shape index (κ1) is 71.6. The molecule has 0 fully saturated rings. The molecule has 0 bridgehead atoms. The standard InChI is InChI=1S/C69H120O6/c1-4-7-10-13-16-19-22-25-28-31-32-33-34-35-36-39-41-44-47-50-53-56-59-62-68(71)74-65-66(75-69(72)63-60-57-54-51-48-45-42-38-30-27-24-21-18-15-12-9-6-3)64-73-67(70)61-58-55-52-49-46-43-40-37-29-26-23-20-17-14-11-8-5-2/h7,10,16,19,25,28,32-33,35-36,41,44,50,53,66H,4-6,8-9,11-15,17-18,20-24,26-27,29-31,34,37-40,42-43,45-49,51-52,54-65H2,1-3H3/b10-7-,19-16-,28-25-,33-32-,36-35-,44-41-,53-50-. The molecule has 0 spiro atoms. The molecule has 0 aromatic rings. The van der Waals surface area contributed by atoms with Gasteiger partial charge in [-0.2, -0.15) is 0 Å². The molecule has 6 nitrogen and oxygen atoms in total. The molecule has 0 aliphatic rings.